The fraction of sp³-hybridized carbons (Fsp3) is 0.239. The number of aryl methyl sites for hydroxylation is 4. The summed E-state index contributed by atoms with van der Waals surface area (Å²) in [6, 6.07) is 96.4. The zero-order valence-electron chi connectivity index (χ0n) is 79.7. The Morgan fingerprint density at radius 2 is 0.859 bits per heavy atom. The number of fused-ring (bicyclic) bond motifs is 4. The molecule has 0 aliphatic heterocycles. The van der Waals surface area contributed by atoms with Crippen molar-refractivity contribution in [1.82, 2.24) is 29.9 Å². The zero-order chi connectivity index (χ0) is 95.6. The van der Waals surface area contributed by atoms with Gasteiger partial charge in [0.15, 0.2) is 0 Å². The molecule has 715 valence electrons. The van der Waals surface area contributed by atoms with Gasteiger partial charge in [-0.05, 0) is 146 Å². The van der Waals surface area contributed by atoms with Crippen LogP contribution in [0.4, 0.5) is 8.78 Å². The Morgan fingerprint density at radius 1 is 0.407 bits per heavy atom. The summed E-state index contributed by atoms with van der Waals surface area (Å²) in [7, 11) is 1.50. The molecule has 0 bridgehead atoms. The molecule has 15 aromatic rings. The van der Waals surface area contributed by atoms with Gasteiger partial charge in [0.1, 0.15) is 52.0 Å². The first kappa shape index (κ1) is 122. The molecule has 0 amide bonds. The third-order valence-electron chi connectivity index (χ3n) is 18.6. The van der Waals surface area contributed by atoms with Gasteiger partial charge in [-0.1, -0.05) is 216 Å². The van der Waals surface area contributed by atoms with E-state index in [2.05, 4.69) is 195 Å². The van der Waals surface area contributed by atoms with E-state index < -0.39 is 22.5 Å². The summed E-state index contributed by atoms with van der Waals surface area (Å²) in [6.45, 7) is 34.1. The minimum Gasteiger partial charge on any atom is -0.497 e. The number of ketones is 8. The van der Waals surface area contributed by atoms with Crippen molar-refractivity contribution >= 4 is 95.8 Å². The molecule has 15 nitrogen and oxygen atoms in total. The Bertz CT molecular complexity index is 6140. The molecule has 5 radical (unpaired) electrons. The third kappa shape index (κ3) is 44.5. The number of halogens is 2. The SMILES string of the molecule is CC(=O)CC(C)=O.CC(=O)CC(C)=O.CC(=O)CC(C)=O.CC(C)(C)C(=O)CC(=O)C(C)(C)C.COc1ccnc(-c2[c-]cc(F)cc2F)c1.C[C-]=Cc1ccc2ccccc2n1.Cc1[c-]c(-c2ccc3c(C(C)C)cccc3n2)cc(C)c1.Cc1[c-]c(-c2ccc3ccccc3n2)cc(C)c1.[Ir].[Ir].[Ir].[Ir].[Ir].[c-]1ccccc1-c1ccccn1.[c-]1ccccc1-c1nccc2ccccc12. The monoisotopic (exact) mass is 2700 g/mol. The normalized spacial score (nSPS) is 10.1. The number of carbonyl (C=O) groups excluding carboxylic acids is 8. The second-order valence-electron chi connectivity index (χ2n) is 33.1. The summed E-state index contributed by atoms with van der Waals surface area (Å²) in [6.07, 6.45) is 10.3. The maximum Gasteiger partial charge on any atom is 0.145 e. The standard InChI is InChI=1S/C20H20N.C17H14N.C15H10N.C12H8F2NO.C12H10N.C11H8N.C11H20O2.3C5H8O2.5Ir/c1-13(2)17-6-5-7-20-18(17)8-9-19(21-20)16-11-14(3)10-15(4)12-16;1-12-9-13(2)11-15(10-12)17-8-7-14-5-3-4-6-16(14)18-17;1-2-7-13(8-3-1)15-14-9-5-4-6-12(14)10-11-16-15;1-16-9-4-5-15-12(7-9)10-3-2-8(13)6-11(10)14;1-2-5-11-9-8-10-6-3-4-7-12(10)13-11;1-2-6-10(7-3-1)11-8-4-5-9-12-11;1-10(2,3)8(12)7-9(13)11(4,5)6;3*1-4(6)3-5(2)7;;;;;/h5-11,13H,1-4H3;3-10H,1-2H3;1-7,9-11H;2,4-7H,1H3;3-9H,1H3;1-6,8-9H;7H2,1-6H3;3*3H2,1-2H3;;;;;/q6*-1;;;;;;;;;. The smallest absolute Gasteiger partial charge is 0.145 e. The minimum atomic E-state index is -0.694. The first-order chi connectivity index (χ1) is 61.7. The van der Waals surface area contributed by atoms with E-state index >= 15 is 0 Å². The van der Waals surface area contributed by atoms with Gasteiger partial charge in [0.2, 0.25) is 0 Å². The summed E-state index contributed by atoms with van der Waals surface area (Å²) in [4.78, 5) is 110. The Hall–Kier alpha value is -11.1. The average molecular weight is 2700 g/mol. The largest absolute Gasteiger partial charge is 0.497 e. The Labute approximate surface area is 862 Å². The minimum absolute atomic E-state index is 0. The van der Waals surface area contributed by atoms with Crippen LogP contribution in [0.5, 0.6) is 5.75 Å². The van der Waals surface area contributed by atoms with Crippen molar-refractivity contribution in [2.24, 2.45) is 10.8 Å². The van der Waals surface area contributed by atoms with Crippen molar-refractivity contribution in [3.05, 3.63) is 349 Å². The molecular weight excluding hydrogens is 2580 g/mol. The number of methoxy groups -OCH3 is 1. The van der Waals surface area contributed by atoms with Crippen LogP contribution in [-0.2, 0) is 139 Å². The number of Topliss-reactive ketones (excluding diaryl/α,β-unsaturated/α-hetero) is 8. The van der Waals surface area contributed by atoms with Crippen molar-refractivity contribution in [2.45, 2.75) is 163 Å². The van der Waals surface area contributed by atoms with E-state index in [1.807, 2.05) is 188 Å². The van der Waals surface area contributed by atoms with Gasteiger partial charge < -0.3 is 24.7 Å². The summed E-state index contributed by atoms with van der Waals surface area (Å²) < 4.78 is 31.1. The molecule has 22 heteroatoms. The number of rotatable bonds is 16. The van der Waals surface area contributed by atoms with Gasteiger partial charge >= 0.3 is 0 Å². The predicted molar refractivity (Wildman–Crippen MR) is 521 cm³/mol. The van der Waals surface area contributed by atoms with E-state index in [1.165, 1.54) is 98.5 Å². The second kappa shape index (κ2) is 62.5. The Balaban J connectivity index is 0.000000760. The number of benzene rings is 9. The number of para-hydroxylation sites is 2. The molecular formula is C113H114F2Ir5N6O9-6. The van der Waals surface area contributed by atoms with Crippen molar-refractivity contribution < 1.29 is 152 Å². The topological polar surface area (TPSA) is 223 Å². The first-order valence-electron chi connectivity index (χ1n) is 42.4. The van der Waals surface area contributed by atoms with Crippen LogP contribution in [0, 0.1) is 86.6 Å². The van der Waals surface area contributed by atoms with E-state index in [0.29, 0.717) is 17.4 Å². The number of allylic oxidation sites excluding steroid dienone is 1. The fourth-order valence-corrected chi connectivity index (χ4v) is 12.4. The van der Waals surface area contributed by atoms with E-state index in [1.54, 1.807) is 18.3 Å². The van der Waals surface area contributed by atoms with Gasteiger partial charge in [-0.3, -0.25) is 63.2 Å². The molecule has 6 heterocycles. The van der Waals surface area contributed by atoms with Gasteiger partial charge in [-0.15, -0.1) is 167 Å². The molecule has 0 unspecified atom stereocenters. The summed E-state index contributed by atoms with van der Waals surface area (Å²) in [5.41, 5.74) is 18.1. The molecule has 9 aromatic carbocycles. The quantitative estimate of drug-likeness (QED) is 0.0648. The van der Waals surface area contributed by atoms with Gasteiger partial charge in [-0.2, -0.15) is 0 Å². The number of carbonyl (C=O) groups is 8. The molecule has 0 aliphatic carbocycles. The van der Waals surface area contributed by atoms with Crippen LogP contribution in [0.1, 0.15) is 169 Å². The zero-order valence-corrected chi connectivity index (χ0v) is 91.6. The van der Waals surface area contributed by atoms with Crippen molar-refractivity contribution in [1.29, 1.82) is 0 Å². The van der Waals surface area contributed by atoms with Gasteiger partial charge in [-0.25, -0.2) is 6.08 Å². The molecule has 0 saturated carbocycles. The molecule has 15 rings (SSSR count). The number of nitrogens with zero attached hydrogens (tertiary/aromatic N) is 6. The number of hydrogen-bond donors (Lipinski definition) is 0. The molecule has 0 atom stereocenters. The Kier molecular flexibility index (Phi) is 56.5. The molecule has 0 aliphatic rings. The maximum atomic E-state index is 13.4. The van der Waals surface area contributed by atoms with Crippen LogP contribution < -0.4 is 4.74 Å². The molecule has 6 aromatic heterocycles. The number of aromatic nitrogens is 6. The summed E-state index contributed by atoms with van der Waals surface area (Å²) >= 11 is 0. The van der Waals surface area contributed by atoms with Crippen LogP contribution in [0.25, 0.3) is 106 Å². The second-order valence-corrected chi connectivity index (χ2v) is 33.1. The van der Waals surface area contributed by atoms with Crippen molar-refractivity contribution in [3.8, 4) is 62.0 Å². The van der Waals surface area contributed by atoms with E-state index in [0.717, 1.165) is 90.5 Å². The van der Waals surface area contributed by atoms with Gasteiger partial charge in [0.05, 0.1) is 43.8 Å². The van der Waals surface area contributed by atoms with Crippen LogP contribution >= 0.6 is 0 Å². The maximum absolute atomic E-state index is 13.4. The number of ether oxygens (including phenoxy) is 1. The Morgan fingerprint density at radius 3 is 1.32 bits per heavy atom. The summed E-state index contributed by atoms with van der Waals surface area (Å²) in [5, 5.41) is 5.99. The third-order valence-corrected chi connectivity index (χ3v) is 18.6. The van der Waals surface area contributed by atoms with Gasteiger partial charge in [0, 0.05) is 152 Å². The van der Waals surface area contributed by atoms with Gasteiger partial charge in [0.25, 0.3) is 0 Å². The molecule has 0 fully saturated rings. The molecule has 0 saturated heterocycles. The van der Waals surface area contributed by atoms with Crippen LogP contribution in [0.2, 0.25) is 0 Å². The predicted octanol–water partition coefficient (Wildman–Crippen LogP) is 26.2. The van der Waals surface area contributed by atoms with E-state index in [-0.39, 0.29) is 178 Å². The molecule has 0 spiro atoms. The van der Waals surface area contributed by atoms with Crippen LogP contribution in [0.3, 0.4) is 0 Å². The first-order valence-corrected chi connectivity index (χ1v) is 42.4. The van der Waals surface area contributed by atoms with E-state index in [9.17, 15) is 47.1 Å². The van der Waals surface area contributed by atoms with Crippen molar-refractivity contribution in [3.63, 3.8) is 0 Å². The fourth-order valence-electron chi connectivity index (χ4n) is 12.4. The van der Waals surface area contributed by atoms with Crippen molar-refractivity contribution in [2.75, 3.05) is 7.11 Å². The summed E-state index contributed by atoms with van der Waals surface area (Å²) in [5.74, 6) is -0.624. The van der Waals surface area contributed by atoms with Crippen LogP contribution in [0.15, 0.2) is 267 Å². The number of hydrogen-bond acceptors (Lipinski definition) is 15. The van der Waals surface area contributed by atoms with E-state index in [4.69, 9.17) is 14.7 Å². The van der Waals surface area contributed by atoms with Crippen LogP contribution in [-0.4, -0.2) is 83.3 Å². The number of pyridine rings is 6. The molecule has 0 N–H and O–H groups in total. The molecule has 135 heavy (non-hydrogen) atoms. The average Bonchev–Trinajstić information content (AvgIpc) is 0.727.